The molecule has 22 heavy (non-hydrogen) atoms. The largest absolute Gasteiger partial charge is 0.380 e. The molecule has 3 heterocycles. The molecule has 0 saturated carbocycles. The molecule has 2 N–H and O–H groups in total. The number of hydrogen-bond acceptors (Lipinski definition) is 5. The molecule has 4 aromatic rings. The highest BCUT2D eigenvalue weighted by Crippen LogP contribution is 2.16. The van der Waals surface area contributed by atoms with Gasteiger partial charge in [0.2, 0.25) is 5.65 Å². The molecule has 0 radical (unpaired) electrons. The number of pyridine rings is 1. The first kappa shape index (κ1) is 12.5. The molecule has 3 aromatic heterocycles. The molecule has 8 heteroatoms. The Balaban J connectivity index is 2.13. The standard InChI is InChI=1S/C14H9FN6O/c15-8-3-5-9(6-4-8)21-14(22)20-10-2-1-7-17-12(10)18-11(16)13(20)19-21/h1-7H,(H2,16,17,18). The van der Waals surface area contributed by atoms with Crippen LogP contribution >= 0.6 is 0 Å². The first-order valence-corrected chi connectivity index (χ1v) is 6.43. The van der Waals surface area contributed by atoms with Crippen molar-refractivity contribution in [3.8, 4) is 5.69 Å². The summed E-state index contributed by atoms with van der Waals surface area (Å²) in [5, 5.41) is 4.19. The summed E-state index contributed by atoms with van der Waals surface area (Å²) in [6, 6.07) is 8.85. The third-order valence-electron chi connectivity index (χ3n) is 3.31. The van der Waals surface area contributed by atoms with E-state index in [1.54, 1.807) is 18.3 Å². The number of nitrogen functional groups attached to an aromatic ring is 1. The van der Waals surface area contributed by atoms with E-state index < -0.39 is 11.5 Å². The van der Waals surface area contributed by atoms with E-state index in [-0.39, 0.29) is 11.5 Å². The van der Waals surface area contributed by atoms with Gasteiger partial charge in [-0.1, -0.05) is 0 Å². The third kappa shape index (κ3) is 1.67. The zero-order valence-corrected chi connectivity index (χ0v) is 11.1. The van der Waals surface area contributed by atoms with Crippen LogP contribution in [0.5, 0.6) is 0 Å². The summed E-state index contributed by atoms with van der Waals surface area (Å²) in [5.41, 5.74) is 6.97. The van der Waals surface area contributed by atoms with Crippen LogP contribution in [0.3, 0.4) is 0 Å². The fraction of sp³-hybridized carbons (Fsp3) is 0. The SMILES string of the molecule is Nc1nc2ncccc2n2c(=O)n(-c3ccc(F)cc3)nc12. The van der Waals surface area contributed by atoms with E-state index in [4.69, 9.17) is 5.73 Å². The lowest BCUT2D eigenvalue weighted by molar-refractivity contribution is 0.627. The number of aromatic nitrogens is 5. The van der Waals surface area contributed by atoms with Crippen molar-refractivity contribution in [1.29, 1.82) is 0 Å². The van der Waals surface area contributed by atoms with Gasteiger partial charge in [-0.25, -0.2) is 23.6 Å². The highest BCUT2D eigenvalue weighted by atomic mass is 19.1. The minimum absolute atomic E-state index is 0.101. The van der Waals surface area contributed by atoms with Crippen molar-refractivity contribution in [3.05, 3.63) is 58.9 Å². The van der Waals surface area contributed by atoms with Gasteiger partial charge in [0.1, 0.15) is 5.82 Å². The van der Waals surface area contributed by atoms with Gasteiger partial charge in [0.05, 0.1) is 11.2 Å². The lowest BCUT2D eigenvalue weighted by Crippen LogP contribution is -2.20. The van der Waals surface area contributed by atoms with Crippen LogP contribution in [0.2, 0.25) is 0 Å². The lowest BCUT2D eigenvalue weighted by Gasteiger charge is -2.00. The van der Waals surface area contributed by atoms with Crippen molar-refractivity contribution in [1.82, 2.24) is 24.1 Å². The smallest absolute Gasteiger partial charge is 0.355 e. The van der Waals surface area contributed by atoms with Gasteiger partial charge in [0.15, 0.2) is 11.5 Å². The molecular formula is C14H9FN6O. The molecule has 0 atom stereocenters. The third-order valence-corrected chi connectivity index (χ3v) is 3.31. The zero-order chi connectivity index (χ0) is 15.3. The van der Waals surface area contributed by atoms with E-state index in [0.717, 1.165) is 4.68 Å². The highest BCUT2D eigenvalue weighted by Gasteiger charge is 2.15. The first-order valence-electron chi connectivity index (χ1n) is 6.43. The summed E-state index contributed by atoms with van der Waals surface area (Å²) in [4.78, 5) is 20.9. The molecule has 0 aliphatic rings. The minimum Gasteiger partial charge on any atom is -0.380 e. The molecule has 0 aliphatic carbocycles. The summed E-state index contributed by atoms with van der Waals surface area (Å²) in [7, 11) is 0. The molecule has 4 rings (SSSR count). The number of anilines is 1. The van der Waals surface area contributed by atoms with Crippen molar-refractivity contribution < 1.29 is 4.39 Å². The van der Waals surface area contributed by atoms with Gasteiger partial charge in [0, 0.05) is 6.20 Å². The molecule has 0 fully saturated rings. The summed E-state index contributed by atoms with van der Waals surface area (Å²) in [5.74, 6) is -0.291. The average Bonchev–Trinajstić information content (AvgIpc) is 2.87. The van der Waals surface area contributed by atoms with Crippen molar-refractivity contribution in [2.45, 2.75) is 0 Å². The molecule has 0 saturated heterocycles. The predicted octanol–water partition coefficient (Wildman–Crippen LogP) is 1.15. The first-order chi connectivity index (χ1) is 10.6. The van der Waals surface area contributed by atoms with Crippen LogP contribution in [0.15, 0.2) is 47.4 Å². The quantitative estimate of drug-likeness (QED) is 0.569. The molecule has 0 amide bonds. The number of rotatable bonds is 1. The molecule has 108 valence electrons. The molecule has 0 unspecified atom stereocenters. The Morgan fingerprint density at radius 1 is 1.14 bits per heavy atom. The van der Waals surface area contributed by atoms with Gasteiger partial charge < -0.3 is 5.73 Å². The second-order valence-electron chi connectivity index (χ2n) is 4.67. The van der Waals surface area contributed by atoms with Crippen molar-refractivity contribution in [2.24, 2.45) is 0 Å². The van der Waals surface area contributed by atoms with Gasteiger partial charge >= 0.3 is 5.69 Å². The van der Waals surface area contributed by atoms with Crippen LogP contribution < -0.4 is 11.4 Å². The van der Waals surface area contributed by atoms with Gasteiger partial charge in [-0.3, -0.25) is 0 Å². The Kier molecular flexibility index (Phi) is 2.46. The minimum atomic E-state index is -0.422. The second kappa shape index (κ2) is 4.35. The maximum Gasteiger partial charge on any atom is 0.355 e. The Bertz CT molecular complexity index is 1070. The Labute approximate surface area is 122 Å². The maximum absolute atomic E-state index is 13.0. The Morgan fingerprint density at radius 3 is 2.68 bits per heavy atom. The van der Waals surface area contributed by atoms with Gasteiger partial charge in [-0.05, 0) is 36.4 Å². The topological polar surface area (TPSA) is 91.1 Å². The van der Waals surface area contributed by atoms with Crippen LogP contribution in [-0.2, 0) is 0 Å². The molecule has 7 nitrogen and oxygen atoms in total. The van der Waals surface area contributed by atoms with Gasteiger partial charge in [0.25, 0.3) is 0 Å². The highest BCUT2D eigenvalue weighted by molar-refractivity contribution is 5.78. The van der Waals surface area contributed by atoms with Crippen LogP contribution in [0.4, 0.5) is 10.2 Å². The van der Waals surface area contributed by atoms with Crippen molar-refractivity contribution >= 4 is 22.6 Å². The zero-order valence-electron chi connectivity index (χ0n) is 11.1. The predicted molar refractivity (Wildman–Crippen MR) is 78.3 cm³/mol. The van der Waals surface area contributed by atoms with E-state index in [1.165, 1.54) is 28.7 Å². The van der Waals surface area contributed by atoms with E-state index in [9.17, 15) is 9.18 Å². The van der Waals surface area contributed by atoms with Crippen molar-refractivity contribution in [2.75, 3.05) is 5.73 Å². The number of halogens is 1. The molecule has 0 aliphatic heterocycles. The summed E-state index contributed by atoms with van der Waals surface area (Å²) >= 11 is 0. The monoisotopic (exact) mass is 296 g/mol. The number of nitrogens with zero attached hydrogens (tertiary/aromatic N) is 5. The maximum atomic E-state index is 13.0. The normalized spacial score (nSPS) is 11.3. The number of hydrogen-bond donors (Lipinski definition) is 1. The number of fused-ring (bicyclic) bond motifs is 3. The molecular weight excluding hydrogens is 287 g/mol. The van der Waals surface area contributed by atoms with Gasteiger partial charge in [-0.2, -0.15) is 4.68 Å². The molecule has 1 aromatic carbocycles. The van der Waals surface area contributed by atoms with E-state index in [2.05, 4.69) is 15.1 Å². The second-order valence-corrected chi connectivity index (χ2v) is 4.67. The number of nitrogens with two attached hydrogens (primary N) is 1. The van der Waals surface area contributed by atoms with Crippen LogP contribution in [0.1, 0.15) is 0 Å². The number of benzene rings is 1. The van der Waals surface area contributed by atoms with Crippen molar-refractivity contribution in [3.63, 3.8) is 0 Å². The summed E-state index contributed by atoms with van der Waals surface area (Å²) < 4.78 is 15.5. The average molecular weight is 296 g/mol. The molecule has 0 bridgehead atoms. The Morgan fingerprint density at radius 2 is 1.91 bits per heavy atom. The summed E-state index contributed by atoms with van der Waals surface area (Å²) in [6.07, 6.45) is 1.57. The lowest BCUT2D eigenvalue weighted by atomic mass is 10.3. The summed E-state index contributed by atoms with van der Waals surface area (Å²) in [6.45, 7) is 0. The fourth-order valence-corrected chi connectivity index (χ4v) is 2.31. The van der Waals surface area contributed by atoms with Crippen LogP contribution in [0.25, 0.3) is 22.5 Å². The van der Waals surface area contributed by atoms with E-state index in [0.29, 0.717) is 16.9 Å². The van der Waals surface area contributed by atoms with Crippen LogP contribution in [0, 0.1) is 5.82 Å². The fourth-order valence-electron chi connectivity index (χ4n) is 2.31. The van der Waals surface area contributed by atoms with E-state index in [1.807, 2.05) is 0 Å². The Hall–Kier alpha value is -3.29. The van der Waals surface area contributed by atoms with Gasteiger partial charge in [-0.15, -0.1) is 5.10 Å². The van der Waals surface area contributed by atoms with Crippen LogP contribution in [-0.4, -0.2) is 24.1 Å². The molecule has 0 spiro atoms. The van der Waals surface area contributed by atoms with E-state index >= 15 is 0 Å².